The van der Waals surface area contributed by atoms with Gasteiger partial charge in [0.2, 0.25) is 0 Å². The van der Waals surface area contributed by atoms with Crippen molar-refractivity contribution in [1.82, 2.24) is 20.2 Å². The summed E-state index contributed by atoms with van der Waals surface area (Å²) in [4.78, 5) is 11.0. The third-order valence-corrected chi connectivity index (χ3v) is 3.77. The number of likely N-dealkylation sites (tertiary alicyclic amines) is 1. The smallest absolute Gasteiger partial charge is 0.0753 e. The molecule has 0 spiro atoms. The van der Waals surface area contributed by atoms with E-state index in [1.165, 1.54) is 25.9 Å². The topological polar surface area (TPSA) is 41.0 Å². The van der Waals surface area contributed by atoms with Crippen LogP contribution < -0.4 is 5.32 Å². The van der Waals surface area contributed by atoms with Crippen molar-refractivity contribution in [2.45, 2.75) is 51.7 Å². The van der Waals surface area contributed by atoms with E-state index in [4.69, 9.17) is 0 Å². The van der Waals surface area contributed by atoms with Crippen molar-refractivity contribution < 1.29 is 0 Å². The Morgan fingerprint density at radius 3 is 2.50 bits per heavy atom. The summed E-state index contributed by atoms with van der Waals surface area (Å²) >= 11 is 0. The van der Waals surface area contributed by atoms with Crippen LogP contribution in [0.25, 0.3) is 0 Å². The number of hydrogen-bond donors (Lipinski definition) is 1. The molecule has 100 valence electrons. The highest BCUT2D eigenvalue weighted by Crippen LogP contribution is 2.16. The van der Waals surface area contributed by atoms with Gasteiger partial charge in [-0.05, 0) is 46.7 Å². The normalized spacial score (nSPS) is 20.2. The highest BCUT2D eigenvalue weighted by molar-refractivity contribution is 5.01. The van der Waals surface area contributed by atoms with Crippen molar-refractivity contribution in [1.29, 1.82) is 0 Å². The van der Waals surface area contributed by atoms with Crippen molar-refractivity contribution >= 4 is 0 Å². The number of aromatic nitrogens is 2. The van der Waals surface area contributed by atoms with Gasteiger partial charge in [-0.15, -0.1) is 0 Å². The average Bonchev–Trinajstić information content (AvgIpc) is 2.40. The Kier molecular flexibility index (Phi) is 4.66. The first kappa shape index (κ1) is 13.4. The van der Waals surface area contributed by atoms with E-state index in [9.17, 15) is 0 Å². The molecule has 0 saturated carbocycles. The van der Waals surface area contributed by atoms with Gasteiger partial charge in [0.1, 0.15) is 0 Å². The number of nitrogens with one attached hydrogen (secondary N) is 1. The monoisotopic (exact) mass is 248 g/mol. The molecule has 0 aromatic carbocycles. The van der Waals surface area contributed by atoms with Gasteiger partial charge in [0, 0.05) is 36.7 Å². The maximum absolute atomic E-state index is 4.35. The number of piperidine rings is 1. The van der Waals surface area contributed by atoms with E-state index in [1.807, 2.05) is 6.20 Å². The molecule has 18 heavy (non-hydrogen) atoms. The lowest BCUT2D eigenvalue weighted by Crippen LogP contribution is -2.45. The zero-order valence-corrected chi connectivity index (χ0v) is 11.6. The van der Waals surface area contributed by atoms with E-state index in [1.54, 1.807) is 12.4 Å². The third kappa shape index (κ3) is 3.50. The predicted molar refractivity (Wildman–Crippen MR) is 73.3 cm³/mol. The van der Waals surface area contributed by atoms with Gasteiger partial charge in [0.25, 0.3) is 0 Å². The van der Waals surface area contributed by atoms with Crippen LogP contribution >= 0.6 is 0 Å². The van der Waals surface area contributed by atoms with Gasteiger partial charge in [0.15, 0.2) is 0 Å². The second kappa shape index (κ2) is 6.25. The highest BCUT2D eigenvalue weighted by atomic mass is 15.2. The minimum Gasteiger partial charge on any atom is -0.306 e. The van der Waals surface area contributed by atoms with E-state index in [-0.39, 0.29) is 6.04 Å². The van der Waals surface area contributed by atoms with Gasteiger partial charge in [-0.2, -0.15) is 0 Å². The zero-order valence-electron chi connectivity index (χ0n) is 11.6. The summed E-state index contributed by atoms with van der Waals surface area (Å²) in [6.45, 7) is 9.11. The van der Waals surface area contributed by atoms with E-state index in [0.29, 0.717) is 12.1 Å². The van der Waals surface area contributed by atoms with Crippen LogP contribution in [0.15, 0.2) is 18.6 Å². The molecule has 0 aliphatic carbocycles. The summed E-state index contributed by atoms with van der Waals surface area (Å²) in [6, 6.07) is 1.56. The fourth-order valence-corrected chi connectivity index (χ4v) is 2.56. The maximum atomic E-state index is 4.35. The molecule has 4 nitrogen and oxygen atoms in total. The van der Waals surface area contributed by atoms with E-state index in [0.717, 1.165) is 5.69 Å². The molecule has 1 unspecified atom stereocenters. The van der Waals surface area contributed by atoms with E-state index in [2.05, 4.69) is 41.0 Å². The van der Waals surface area contributed by atoms with Crippen LogP contribution in [0, 0.1) is 0 Å². The Hall–Kier alpha value is -1.00. The van der Waals surface area contributed by atoms with Crippen molar-refractivity contribution in [3.05, 3.63) is 24.3 Å². The van der Waals surface area contributed by atoms with Crippen molar-refractivity contribution in [2.75, 3.05) is 13.1 Å². The second-order valence-corrected chi connectivity index (χ2v) is 5.42. The predicted octanol–water partition coefficient (Wildman–Crippen LogP) is 2.00. The molecule has 1 saturated heterocycles. The number of hydrogen-bond acceptors (Lipinski definition) is 4. The Bertz CT molecular complexity index is 344. The molecule has 1 aromatic heterocycles. The summed E-state index contributed by atoms with van der Waals surface area (Å²) in [5.41, 5.74) is 1.03. The molecular weight excluding hydrogens is 224 g/mol. The fraction of sp³-hybridized carbons (Fsp3) is 0.714. The number of nitrogens with zero attached hydrogens (tertiary/aromatic N) is 3. The van der Waals surface area contributed by atoms with Crippen LogP contribution in [-0.4, -0.2) is 40.0 Å². The van der Waals surface area contributed by atoms with Gasteiger partial charge in [-0.1, -0.05) is 0 Å². The Labute approximate surface area is 110 Å². The van der Waals surface area contributed by atoms with Gasteiger partial charge >= 0.3 is 0 Å². The highest BCUT2D eigenvalue weighted by Gasteiger charge is 2.22. The van der Waals surface area contributed by atoms with Crippen LogP contribution in [-0.2, 0) is 0 Å². The van der Waals surface area contributed by atoms with E-state index < -0.39 is 0 Å². The molecule has 1 N–H and O–H groups in total. The first-order valence-electron chi connectivity index (χ1n) is 6.93. The van der Waals surface area contributed by atoms with Gasteiger partial charge in [-0.25, -0.2) is 0 Å². The molecule has 0 amide bonds. The summed E-state index contributed by atoms with van der Waals surface area (Å²) in [5.74, 6) is 0. The molecule has 1 aliphatic rings. The van der Waals surface area contributed by atoms with E-state index >= 15 is 0 Å². The Morgan fingerprint density at radius 1 is 1.22 bits per heavy atom. The van der Waals surface area contributed by atoms with Crippen molar-refractivity contribution in [3.8, 4) is 0 Å². The quantitative estimate of drug-likeness (QED) is 0.885. The van der Waals surface area contributed by atoms with Crippen molar-refractivity contribution in [2.24, 2.45) is 0 Å². The summed E-state index contributed by atoms with van der Waals surface area (Å²) in [7, 11) is 0. The first-order valence-corrected chi connectivity index (χ1v) is 6.93. The minimum absolute atomic E-state index is 0.286. The number of rotatable bonds is 4. The Balaban J connectivity index is 1.81. The lowest BCUT2D eigenvalue weighted by molar-refractivity contribution is 0.157. The zero-order chi connectivity index (χ0) is 13.0. The molecular formula is C14H24N4. The SMILES string of the molecule is CC(NC1CCN(C(C)C)CC1)c1cnccn1. The standard InChI is InChI=1S/C14H24N4/c1-11(2)18-8-4-13(5-9-18)17-12(3)14-10-15-6-7-16-14/h6-7,10-13,17H,4-5,8-9H2,1-3H3. The lowest BCUT2D eigenvalue weighted by Gasteiger charge is -2.36. The summed E-state index contributed by atoms with van der Waals surface area (Å²) in [6.07, 6.45) is 7.78. The minimum atomic E-state index is 0.286. The third-order valence-electron chi connectivity index (χ3n) is 3.77. The van der Waals surface area contributed by atoms with Crippen molar-refractivity contribution in [3.63, 3.8) is 0 Å². The van der Waals surface area contributed by atoms with Crippen LogP contribution in [0.5, 0.6) is 0 Å². The van der Waals surface area contributed by atoms with Crippen LogP contribution in [0.2, 0.25) is 0 Å². The fourth-order valence-electron chi connectivity index (χ4n) is 2.56. The summed E-state index contributed by atoms with van der Waals surface area (Å²) < 4.78 is 0. The molecule has 2 heterocycles. The molecule has 2 rings (SSSR count). The molecule has 0 bridgehead atoms. The largest absolute Gasteiger partial charge is 0.306 e. The Morgan fingerprint density at radius 2 is 1.94 bits per heavy atom. The van der Waals surface area contributed by atoms with Crippen LogP contribution in [0.3, 0.4) is 0 Å². The summed E-state index contributed by atoms with van der Waals surface area (Å²) in [5, 5.41) is 3.67. The average molecular weight is 248 g/mol. The second-order valence-electron chi connectivity index (χ2n) is 5.42. The van der Waals surface area contributed by atoms with Gasteiger partial charge in [0.05, 0.1) is 5.69 Å². The molecule has 1 atom stereocenters. The molecule has 1 aliphatic heterocycles. The van der Waals surface area contributed by atoms with Crippen LogP contribution in [0.4, 0.5) is 0 Å². The molecule has 0 radical (unpaired) electrons. The van der Waals surface area contributed by atoms with Gasteiger partial charge < -0.3 is 10.2 Å². The maximum Gasteiger partial charge on any atom is 0.0753 e. The first-order chi connectivity index (χ1) is 8.66. The molecule has 1 fully saturated rings. The molecule has 1 aromatic rings. The lowest BCUT2D eigenvalue weighted by atomic mass is 10.0. The van der Waals surface area contributed by atoms with Gasteiger partial charge in [-0.3, -0.25) is 9.97 Å². The van der Waals surface area contributed by atoms with Crippen LogP contribution in [0.1, 0.15) is 45.3 Å². The molecule has 4 heteroatoms.